The molecule has 0 heterocycles. The quantitative estimate of drug-likeness (QED) is 0.593. The number of rotatable bonds is 6. The molecule has 2 aromatic carbocycles. The van der Waals surface area contributed by atoms with Crippen LogP contribution in [-0.2, 0) is 16.0 Å². The second-order valence-electron chi connectivity index (χ2n) is 4.80. The first-order chi connectivity index (χ1) is 9.72. The Labute approximate surface area is 119 Å². The molecule has 0 aromatic heterocycles. The number of esters is 1. The van der Waals surface area contributed by atoms with Crippen LogP contribution in [0.5, 0.6) is 5.75 Å². The van der Waals surface area contributed by atoms with Crippen molar-refractivity contribution in [3.8, 4) is 5.75 Å². The number of benzene rings is 2. The van der Waals surface area contributed by atoms with Crippen molar-refractivity contribution in [1.82, 2.24) is 0 Å². The largest absolute Gasteiger partial charge is 0.497 e. The lowest BCUT2D eigenvalue weighted by atomic mass is 10.0. The van der Waals surface area contributed by atoms with Gasteiger partial charge in [-0.15, -0.1) is 0 Å². The maximum absolute atomic E-state index is 11.7. The van der Waals surface area contributed by atoms with E-state index in [9.17, 15) is 4.79 Å². The fourth-order valence-electron chi connectivity index (χ4n) is 2.06. The minimum atomic E-state index is -0.161. The van der Waals surface area contributed by atoms with Gasteiger partial charge in [0.05, 0.1) is 20.1 Å². The molecule has 3 nitrogen and oxygen atoms in total. The van der Waals surface area contributed by atoms with Crippen LogP contribution in [0.2, 0.25) is 0 Å². The summed E-state index contributed by atoms with van der Waals surface area (Å²) < 4.78 is 10.4. The lowest BCUT2D eigenvalue weighted by Crippen LogP contribution is -2.08. The van der Waals surface area contributed by atoms with Crippen molar-refractivity contribution in [2.75, 3.05) is 13.7 Å². The van der Waals surface area contributed by atoms with Gasteiger partial charge in [-0.25, -0.2) is 0 Å². The van der Waals surface area contributed by atoms with Crippen LogP contribution in [0.15, 0.2) is 36.4 Å². The monoisotopic (exact) mass is 272 g/mol. The highest BCUT2D eigenvalue weighted by Gasteiger charge is 2.06. The molecule has 0 saturated heterocycles. The molecule has 0 amide bonds. The molecule has 0 aliphatic rings. The zero-order valence-electron chi connectivity index (χ0n) is 12.0. The molecule has 0 fully saturated rings. The normalized spacial score (nSPS) is 10.5. The molecule has 0 aliphatic heterocycles. The summed E-state index contributed by atoms with van der Waals surface area (Å²) in [6, 6.07) is 11.9. The third kappa shape index (κ3) is 3.73. The third-order valence-electron chi connectivity index (χ3n) is 3.22. The van der Waals surface area contributed by atoms with Crippen molar-refractivity contribution in [2.24, 2.45) is 0 Å². The minimum Gasteiger partial charge on any atom is -0.497 e. The van der Waals surface area contributed by atoms with Gasteiger partial charge in [0.2, 0.25) is 0 Å². The zero-order valence-corrected chi connectivity index (χ0v) is 12.0. The van der Waals surface area contributed by atoms with Crippen molar-refractivity contribution in [3.63, 3.8) is 0 Å². The Bertz CT molecular complexity index is 590. The van der Waals surface area contributed by atoms with Gasteiger partial charge in [-0.3, -0.25) is 4.79 Å². The van der Waals surface area contributed by atoms with Gasteiger partial charge in [-0.05, 0) is 34.9 Å². The van der Waals surface area contributed by atoms with Crippen LogP contribution in [0.25, 0.3) is 10.8 Å². The molecule has 0 unspecified atom stereocenters. The van der Waals surface area contributed by atoms with Crippen LogP contribution in [0.4, 0.5) is 0 Å². The van der Waals surface area contributed by atoms with E-state index in [1.807, 2.05) is 36.4 Å². The molecular formula is C17H20O3. The Morgan fingerprint density at radius 3 is 2.60 bits per heavy atom. The van der Waals surface area contributed by atoms with Gasteiger partial charge in [-0.2, -0.15) is 0 Å². The van der Waals surface area contributed by atoms with Crippen molar-refractivity contribution < 1.29 is 14.3 Å². The van der Waals surface area contributed by atoms with Crippen LogP contribution < -0.4 is 4.74 Å². The fourth-order valence-corrected chi connectivity index (χ4v) is 2.06. The Balaban J connectivity index is 2.06. The predicted molar refractivity (Wildman–Crippen MR) is 80.1 cm³/mol. The van der Waals surface area contributed by atoms with E-state index in [0.717, 1.165) is 34.9 Å². The van der Waals surface area contributed by atoms with Gasteiger partial charge < -0.3 is 9.47 Å². The summed E-state index contributed by atoms with van der Waals surface area (Å²) in [7, 11) is 1.65. The molecule has 20 heavy (non-hydrogen) atoms. The number of hydrogen-bond acceptors (Lipinski definition) is 3. The van der Waals surface area contributed by atoms with Gasteiger partial charge in [0.1, 0.15) is 5.75 Å². The smallest absolute Gasteiger partial charge is 0.310 e. The van der Waals surface area contributed by atoms with Crippen LogP contribution in [0.1, 0.15) is 25.3 Å². The van der Waals surface area contributed by atoms with E-state index < -0.39 is 0 Å². The molecule has 0 N–H and O–H groups in total. The Morgan fingerprint density at radius 2 is 1.85 bits per heavy atom. The van der Waals surface area contributed by atoms with E-state index in [1.165, 1.54) is 0 Å². The molecule has 2 rings (SSSR count). The molecule has 0 aliphatic carbocycles. The van der Waals surface area contributed by atoms with Gasteiger partial charge in [-0.1, -0.05) is 37.6 Å². The van der Waals surface area contributed by atoms with E-state index >= 15 is 0 Å². The number of unbranched alkanes of at least 4 members (excludes halogenated alkanes) is 1. The number of ether oxygens (including phenoxy) is 2. The number of methoxy groups -OCH3 is 1. The van der Waals surface area contributed by atoms with Crippen LogP contribution in [0.3, 0.4) is 0 Å². The van der Waals surface area contributed by atoms with Crippen molar-refractivity contribution in [1.29, 1.82) is 0 Å². The van der Waals surface area contributed by atoms with Gasteiger partial charge in [0, 0.05) is 0 Å². The van der Waals surface area contributed by atoms with Gasteiger partial charge in [0.15, 0.2) is 0 Å². The van der Waals surface area contributed by atoms with E-state index in [4.69, 9.17) is 9.47 Å². The molecule has 0 bridgehead atoms. The van der Waals surface area contributed by atoms with Crippen LogP contribution >= 0.6 is 0 Å². The number of carbonyl (C=O) groups is 1. The summed E-state index contributed by atoms with van der Waals surface area (Å²) in [4.78, 5) is 11.7. The SMILES string of the molecule is CCCCOC(=O)Cc1ccc2cc(OC)ccc2c1. The number of hydrogen-bond donors (Lipinski definition) is 0. The van der Waals surface area contributed by atoms with Crippen LogP contribution in [0, 0.1) is 0 Å². The fraction of sp³-hybridized carbons (Fsp3) is 0.353. The first-order valence-corrected chi connectivity index (χ1v) is 6.95. The predicted octanol–water partition coefficient (Wildman–Crippen LogP) is 3.73. The van der Waals surface area contributed by atoms with Crippen molar-refractivity contribution in [2.45, 2.75) is 26.2 Å². The minimum absolute atomic E-state index is 0.161. The molecule has 106 valence electrons. The second-order valence-corrected chi connectivity index (χ2v) is 4.80. The maximum Gasteiger partial charge on any atom is 0.310 e. The Morgan fingerprint density at radius 1 is 1.10 bits per heavy atom. The van der Waals surface area contributed by atoms with Gasteiger partial charge in [0.25, 0.3) is 0 Å². The zero-order chi connectivity index (χ0) is 14.4. The third-order valence-corrected chi connectivity index (χ3v) is 3.22. The average Bonchev–Trinajstić information content (AvgIpc) is 2.47. The summed E-state index contributed by atoms with van der Waals surface area (Å²) in [5, 5.41) is 2.21. The number of fused-ring (bicyclic) bond motifs is 1. The van der Waals surface area contributed by atoms with Crippen molar-refractivity contribution in [3.05, 3.63) is 42.0 Å². The summed E-state index contributed by atoms with van der Waals surface area (Å²) in [5.74, 6) is 0.676. The topological polar surface area (TPSA) is 35.5 Å². The average molecular weight is 272 g/mol. The van der Waals surface area contributed by atoms with E-state index in [0.29, 0.717) is 13.0 Å². The molecule has 0 saturated carbocycles. The van der Waals surface area contributed by atoms with Gasteiger partial charge >= 0.3 is 5.97 Å². The van der Waals surface area contributed by atoms with Crippen molar-refractivity contribution >= 4 is 16.7 Å². The molecule has 2 aromatic rings. The standard InChI is InChI=1S/C17H20O3/c1-3-4-9-20-17(18)11-13-5-6-15-12-16(19-2)8-7-14(15)10-13/h5-8,10,12H,3-4,9,11H2,1-2H3. The molecular weight excluding hydrogens is 252 g/mol. The maximum atomic E-state index is 11.7. The Kier molecular flexibility index (Phi) is 4.99. The first-order valence-electron chi connectivity index (χ1n) is 6.95. The molecule has 0 radical (unpaired) electrons. The Hall–Kier alpha value is -2.03. The lowest BCUT2D eigenvalue weighted by molar-refractivity contribution is -0.142. The lowest BCUT2D eigenvalue weighted by Gasteiger charge is -2.06. The summed E-state index contributed by atoms with van der Waals surface area (Å²) in [6.45, 7) is 2.59. The highest BCUT2D eigenvalue weighted by atomic mass is 16.5. The van der Waals surface area contributed by atoms with Crippen LogP contribution in [-0.4, -0.2) is 19.7 Å². The van der Waals surface area contributed by atoms with E-state index in [-0.39, 0.29) is 5.97 Å². The summed E-state index contributed by atoms with van der Waals surface area (Å²) in [6.07, 6.45) is 2.28. The van der Waals surface area contributed by atoms with E-state index in [1.54, 1.807) is 7.11 Å². The number of carbonyl (C=O) groups excluding carboxylic acids is 1. The summed E-state index contributed by atoms with van der Waals surface area (Å²) >= 11 is 0. The summed E-state index contributed by atoms with van der Waals surface area (Å²) in [5.41, 5.74) is 0.976. The van der Waals surface area contributed by atoms with E-state index in [2.05, 4.69) is 6.92 Å². The molecule has 0 spiro atoms. The highest BCUT2D eigenvalue weighted by molar-refractivity contribution is 5.85. The molecule has 3 heteroatoms. The highest BCUT2D eigenvalue weighted by Crippen LogP contribution is 2.22. The molecule has 0 atom stereocenters. The second kappa shape index (κ2) is 6.94. The first kappa shape index (κ1) is 14.4.